The smallest absolute Gasteiger partial charge is 0.287 e. The monoisotopic (exact) mass is 459 g/mol. The molecule has 2 aromatic carbocycles. The molecule has 1 aliphatic rings. The molecule has 5 rings (SSSR count). The molecule has 7 heteroatoms. The first-order valence-electron chi connectivity index (χ1n) is 11.2. The number of piperidine rings is 1. The van der Waals surface area contributed by atoms with E-state index in [0.29, 0.717) is 19.5 Å². The van der Waals surface area contributed by atoms with Gasteiger partial charge in [-0.2, -0.15) is 0 Å². The Kier molecular flexibility index (Phi) is 6.21. The predicted octanol–water partition coefficient (Wildman–Crippen LogP) is 4.64. The number of aromatic nitrogens is 1. The molecule has 6 nitrogen and oxygen atoms in total. The van der Waals surface area contributed by atoms with E-state index in [1.807, 2.05) is 53.4 Å². The van der Waals surface area contributed by atoms with Gasteiger partial charge < -0.3 is 14.6 Å². The van der Waals surface area contributed by atoms with E-state index in [0.717, 1.165) is 28.9 Å². The van der Waals surface area contributed by atoms with Crippen molar-refractivity contribution in [3.8, 4) is 0 Å². The van der Waals surface area contributed by atoms with Crippen molar-refractivity contribution in [2.24, 2.45) is 0 Å². The summed E-state index contributed by atoms with van der Waals surface area (Å²) in [5.74, 6) is -0.0382. The van der Waals surface area contributed by atoms with Crippen LogP contribution in [0.1, 0.15) is 39.9 Å². The number of amides is 2. The van der Waals surface area contributed by atoms with Crippen molar-refractivity contribution in [2.45, 2.75) is 31.2 Å². The number of nitrogens with one attached hydrogen (secondary N) is 1. The molecule has 0 spiro atoms. The van der Waals surface area contributed by atoms with Crippen molar-refractivity contribution in [3.63, 3.8) is 0 Å². The Morgan fingerprint density at radius 3 is 2.70 bits per heavy atom. The van der Waals surface area contributed by atoms with Crippen LogP contribution in [0.25, 0.3) is 10.2 Å². The number of carbonyl (C=O) groups is 2. The standard InChI is InChI=1S/C26H25N3O3S/c30-24(22-12-7-15-32-22)27-21(16-18-8-2-1-3-9-18)26(31)29-14-6-10-19(17-29)25-28-20-11-4-5-13-23(20)33-25/h1-5,7-9,11-13,15,19,21H,6,10,14,16-17H2,(H,27,30)/t19-,21-/m1/s1. The van der Waals surface area contributed by atoms with Gasteiger partial charge in [-0.3, -0.25) is 9.59 Å². The van der Waals surface area contributed by atoms with Crippen molar-refractivity contribution >= 4 is 33.4 Å². The molecule has 2 aromatic heterocycles. The summed E-state index contributed by atoms with van der Waals surface area (Å²) in [6.07, 6.45) is 3.80. The topological polar surface area (TPSA) is 75.4 Å². The van der Waals surface area contributed by atoms with Gasteiger partial charge in [0.05, 0.1) is 21.5 Å². The highest BCUT2D eigenvalue weighted by Crippen LogP contribution is 2.33. The SMILES string of the molecule is O=C(N[C@H](Cc1ccccc1)C(=O)N1CCC[C@@H](c2nc3ccccc3s2)C1)c1ccco1. The molecule has 2 atom stereocenters. The lowest BCUT2D eigenvalue weighted by Gasteiger charge is -2.34. The molecule has 3 heterocycles. The number of nitrogens with zero attached hydrogens (tertiary/aromatic N) is 2. The number of carbonyl (C=O) groups excluding carboxylic acids is 2. The highest BCUT2D eigenvalue weighted by molar-refractivity contribution is 7.18. The molecule has 33 heavy (non-hydrogen) atoms. The van der Waals surface area contributed by atoms with Gasteiger partial charge in [0.2, 0.25) is 5.91 Å². The van der Waals surface area contributed by atoms with Gasteiger partial charge in [-0.1, -0.05) is 42.5 Å². The summed E-state index contributed by atoms with van der Waals surface area (Å²) in [6.45, 7) is 1.29. The molecule has 4 aromatic rings. The fraction of sp³-hybridized carbons (Fsp3) is 0.269. The van der Waals surface area contributed by atoms with Gasteiger partial charge >= 0.3 is 0 Å². The summed E-state index contributed by atoms with van der Waals surface area (Å²) in [7, 11) is 0. The first-order valence-corrected chi connectivity index (χ1v) is 12.0. The Hall–Kier alpha value is -3.45. The highest BCUT2D eigenvalue weighted by Gasteiger charge is 2.32. The van der Waals surface area contributed by atoms with Crippen LogP contribution in [0.5, 0.6) is 0 Å². The van der Waals surface area contributed by atoms with Crippen LogP contribution in [0.3, 0.4) is 0 Å². The number of fused-ring (bicyclic) bond motifs is 1. The molecule has 168 valence electrons. The zero-order valence-electron chi connectivity index (χ0n) is 18.1. The molecular weight excluding hydrogens is 434 g/mol. The Morgan fingerprint density at radius 2 is 1.91 bits per heavy atom. The van der Waals surface area contributed by atoms with Crippen LogP contribution in [-0.4, -0.2) is 40.8 Å². The number of likely N-dealkylation sites (tertiary alicyclic amines) is 1. The van der Waals surface area contributed by atoms with E-state index < -0.39 is 6.04 Å². The summed E-state index contributed by atoms with van der Waals surface area (Å²) < 4.78 is 6.40. The molecule has 1 saturated heterocycles. The lowest BCUT2D eigenvalue weighted by Crippen LogP contribution is -2.52. The zero-order chi connectivity index (χ0) is 22.6. The molecule has 0 unspecified atom stereocenters. The first kappa shape index (κ1) is 21.4. The molecule has 0 saturated carbocycles. The van der Waals surface area contributed by atoms with Crippen molar-refractivity contribution in [1.82, 2.24) is 15.2 Å². The van der Waals surface area contributed by atoms with E-state index in [1.165, 1.54) is 11.0 Å². The third-order valence-corrected chi connectivity index (χ3v) is 7.22. The summed E-state index contributed by atoms with van der Waals surface area (Å²) in [5, 5.41) is 3.98. The maximum absolute atomic E-state index is 13.6. The quantitative estimate of drug-likeness (QED) is 0.456. The number of para-hydroxylation sites is 1. The predicted molar refractivity (Wildman–Crippen MR) is 128 cm³/mol. The van der Waals surface area contributed by atoms with Crippen LogP contribution in [0.2, 0.25) is 0 Å². The highest BCUT2D eigenvalue weighted by atomic mass is 32.1. The number of hydrogen-bond donors (Lipinski definition) is 1. The molecule has 1 N–H and O–H groups in total. The van der Waals surface area contributed by atoms with E-state index in [9.17, 15) is 9.59 Å². The first-order chi connectivity index (χ1) is 16.2. The van der Waals surface area contributed by atoms with Crippen LogP contribution < -0.4 is 5.32 Å². The van der Waals surface area contributed by atoms with Gasteiger partial charge in [-0.25, -0.2) is 4.98 Å². The Morgan fingerprint density at radius 1 is 1.09 bits per heavy atom. The average molecular weight is 460 g/mol. The molecule has 0 bridgehead atoms. The van der Waals surface area contributed by atoms with E-state index >= 15 is 0 Å². The fourth-order valence-corrected chi connectivity index (χ4v) is 5.44. The molecule has 0 aliphatic carbocycles. The van der Waals surface area contributed by atoms with Crippen LogP contribution in [0.4, 0.5) is 0 Å². The third-order valence-electron chi connectivity index (χ3n) is 6.02. The van der Waals surface area contributed by atoms with Crippen molar-refractivity contribution in [1.29, 1.82) is 0 Å². The van der Waals surface area contributed by atoms with Crippen molar-refractivity contribution < 1.29 is 14.0 Å². The number of hydrogen-bond acceptors (Lipinski definition) is 5. The minimum atomic E-state index is -0.667. The third kappa shape index (κ3) is 4.83. The van der Waals surface area contributed by atoms with Gasteiger partial charge in [0.25, 0.3) is 5.91 Å². The molecule has 2 amide bonds. The van der Waals surface area contributed by atoms with E-state index in [4.69, 9.17) is 9.40 Å². The Balaban J connectivity index is 1.34. The van der Waals surface area contributed by atoms with Crippen LogP contribution >= 0.6 is 11.3 Å². The van der Waals surface area contributed by atoms with Crippen LogP contribution in [0, 0.1) is 0 Å². The van der Waals surface area contributed by atoms with E-state index in [2.05, 4.69) is 11.4 Å². The summed E-state index contributed by atoms with van der Waals surface area (Å²) in [6, 6.07) is 20.5. The van der Waals surface area contributed by atoms with E-state index in [1.54, 1.807) is 23.5 Å². The molecule has 0 radical (unpaired) electrons. The Bertz CT molecular complexity index is 1200. The summed E-state index contributed by atoms with van der Waals surface area (Å²) in [4.78, 5) is 33.0. The number of benzene rings is 2. The van der Waals surface area contributed by atoms with Crippen LogP contribution in [-0.2, 0) is 11.2 Å². The normalized spacial score (nSPS) is 17.1. The van der Waals surface area contributed by atoms with Gasteiger partial charge in [-0.05, 0) is 42.7 Å². The molecular formula is C26H25N3O3S. The maximum atomic E-state index is 13.6. The van der Waals surface area contributed by atoms with Crippen molar-refractivity contribution in [3.05, 3.63) is 89.3 Å². The molecule has 1 aliphatic heterocycles. The second-order valence-corrected chi connectivity index (χ2v) is 9.40. The second kappa shape index (κ2) is 9.58. The fourth-order valence-electron chi connectivity index (χ4n) is 4.35. The van der Waals surface area contributed by atoms with Crippen molar-refractivity contribution in [2.75, 3.05) is 13.1 Å². The average Bonchev–Trinajstić information content (AvgIpc) is 3.54. The Labute approximate surface area is 196 Å². The van der Waals surface area contributed by atoms with Gasteiger partial charge in [0.1, 0.15) is 6.04 Å². The second-order valence-electron chi connectivity index (χ2n) is 8.34. The lowest BCUT2D eigenvalue weighted by molar-refractivity contribution is -0.134. The summed E-state index contributed by atoms with van der Waals surface area (Å²) >= 11 is 1.71. The lowest BCUT2D eigenvalue weighted by atomic mass is 9.97. The minimum Gasteiger partial charge on any atom is -0.459 e. The van der Waals surface area contributed by atoms with Gasteiger partial charge in [-0.15, -0.1) is 11.3 Å². The maximum Gasteiger partial charge on any atom is 0.287 e. The van der Waals surface area contributed by atoms with Gasteiger partial charge in [0, 0.05) is 25.4 Å². The summed E-state index contributed by atoms with van der Waals surface area (Å²) in [5.41, 5.74) is 2.00. The zero-order valence-corrected chi connectivity index (χ0v) is 19.0. The molecule has 1 fully saturated rings. The number of thiazole rings is 1. The largest absolute Gasteiger partial charge is 0.459 e. The van der Waals surface area contributed by atoms with E-state index in [-0.39, 0.29) is 23.5 Å². The van der Waals surface area contributed by atoms with Crippen LogP contribution in [0.15, 0.2) is 77.4 Å². The van der Waals surface area contributed by atoms with Gasteiger partial charge in [0.15, 0.2) is 5.76 Å². The minimum absolute atomic E-state index is 0.0652. The number of furan rings is 1. The number of rotatable bonds is 6.